The molecule has 0 bridgehead atoms. The van der Waals surface area contributed by atoms with E-state index < -0.39 is 0 Å². The van der Waals surface area contributed by atoms with Gasteiger partial charge in [0, 0.05) is 6.54 Å². The summed E-state index contributed by atoms with van der Waals surface area (Å²) in [5.74, 6) is 2.03. The van der Waals surface area contributed by atoms with E-state index in [4.69, 9.17) is 4.74 Å². The lowest BCUT2D eigenvalue weighted by atomic mass is 10.1. The molecule has 0 unspecified atom stereocenters. The highest BCUT2D eigenvalue weighted by Crippen LogP contribution is 2.33. The molecule has 1 N–H and O–H groups in total. The molecular weight excluding hydrogens is 210 g/mol. The topological polar surface area (TPSA) is 21.3 Å². The first-order valence-electron chi connectivity index (χ1n) is 6.64. The SMILES string of the molecule is COc1ccc(CNCCCC2CC2)cc1C. The van der Waals surface area contributed by atoms with Gasteiger partial charge in [-0.25, -0.2) is 0 Å². The molecule has 1 saturated carbocycles. The maximum absolute atomic E-state index is 5.26. The fraction of sp³-hybridized carbons (Fsp3) is 0.600. The maximum atomic E-state index is 5.26. The molecule has 0 atom stereocenters. The number of hydrogen-bond donors (Lipinski definition) is 1. The Labute approximate surface area is 104 Å². The minimum Gasteiger partial charge on any atom is -0.496 e. The molecule has 2 rings (SSSR count). The first kappa shape index (κ1) is 12.4. The minimum atomic E-state index is 0.968. The van der Waals surface area contributed by atoms with Crippen LogP contribution in [0.5, 0.6) is 5.75 Å². The number of nitrogens with one attached hydrogen (secondary N) is 1. The second-order valence-electron chi connectivity index (χ2n) is 5.07. The van der Waals surface area contributed by atoms with Crippen LogP contribution in [0, 0.1) is 12.8 Å². The molecule has 0 aromatic heterocycles. The van der Waals surface area contributed by atoms with Crippen LogP contribution in [-0.2, 0) is 6.54 Å². The molecular formula is C15H23NO. The smallest absolute Gasteiger partial charge is 0.121 e. The maximum Gasteiger partial charge on any atom is 0.121 e. The molecule has 94 valence electrons. The Morgan fingerprint density at radius 1 is 1.35 bits per heavy atom. The fourth-order valence-electron chi connectivity index (χ4n) is 2.21. The highest BCUT2D eigenvalue weighted by atomic mass is 16.5. The van der Waals surface area contributed by atoms with Crippen molar-refractivity contribution in [2.75, 3.05) is 13.7 Å². The largest absolute Gasteiger partial charge is 0.496 e. The van der Waals surface area contributed by atoms with Crippen LogP contribution in [0.15, 0.2) is 18.2 Å². The van der Waals surface area contributed by atoms with E-state index in [-0.39, 0.29) is 0 Å². The van der Waals surface area contributed by atoms with E-state index in [1.807, 2.05) is 0 Å². The Bertz CT molecular complexity index is 358. The first-order valence-corrected chi connectivity index (χ1v) is 6.64. The highest BCUT2D eigenvalue weighted by Gasteiger charge is 2.19. The molecule has 0 aliphatic heterocycles. The van der Waals surface area contributed by atoms with Crippen LogP contribution in [0.25, 0.3) is 0 Å². The number of methoxy groups -OCH3 is 1. The van der Waals surface area contributed by atoms with Gasteiger partial charge < -0.3 is 10.1 Å². The zero-order valence-corrected chi connectivity index (χ0v) is 11.0. The van der Waals surface area contributed by atoms with Crippen molar-refractivity contribution >= 4 is 0 Å². The summed E-state index contributed by atoms with van der Waals surface area (Å²) in [6.07, 6.45) is 5.67. The van der Waals surface area contributed by atoms with Crippen molar-refractivity contribution in [3.63, 3.8) is 0 Å². The standard InChI is InChI=1S/C15H23NO/c1-12-10-14(7-8-15(12)17-2)11-16-9-3-4-13-5-6-13/h7-8,10,13,16H,3-6,9,11H2,1-2H3. The van der Waals surface area contributed by atoms with Gasteiger partial charge in [0.25, 0.3) is 0 Å². The normalized spacial score (nSPS) is 14.9. The average molecular weight is 233 g/mol. The van der Waals surface area contributed by atoms with Gasteiger partial charge in [-0.3, -0.25) is 0 Å². The zero-order valence-electron chi connectivity index (χ0n) is 11.0. The Balaban J connectivity index is 1.68. The van der Waals surface area contributed by atoms with Crippen molar-refractivity contribution in [2.24, 2.45) is 5.92 Å². The van der Waals surface area contributed by atoms with Crippen LogP contribution in [0.2, 0.25) is 0 Å². The Hall–Kier alpha value is -1.02. The van der Waals surface area contributed by atoms with Crippen LogP contribution >= 0.6 is 0 Å². The van der Waals surface area contributed by atoms with Gasteiger partial charge in [0.1, 0.15) is 5.75 Å². The number of hydrogen-bond acceptors (Lipinski definition) is 2. The van der Waals surface area contributed by atoms with Crippen molar-refractivity contribution in [1.29, 1.82) is 0 Å². The van der Waals surface area contributed by atoms with Gasteiger partial charge in [0.05, 0.1) is 7.11 Å². The van der Waals surface area contributed by atoms with Gasteiger partial charge in [-0.1, -0.05) is 25.0 Å². The highest BCUT2D eigenvalue weighted by molar-refractivity contribution is 5.36. The lowest BCUT2D eigenvalue weighted by molar-refractivity contribution is 0.411. The summed E-state index contributed by atoms with van der Waals surface area (Å²) in [5, 5.41) is 3.51. The van der Waals surface area contributed by atoms with Crippen LogP contribution < -0.4 is 10.1 Å². The molecule has 1 aromatic carbocycles. The summed E-state index contributed by atoms with van der Waals surface area (Å²) in [7, 11) is 1.72. The first-order chi connectivity index (χ1) is 8.29. The molecule has 1 aromatic rings. The zero-order chi connectivity index (χ0) is 12.1. The van der Waals surface area contributed by atoms with Crippen molar-refractivity contribution < 1.29 is 4.74 Å². The molecule has 0 radical (unpaired) electrons. The van der Waals surface area contributed by atoms with Gasteiger partial charge in [-0.15, -0.1) is 0 Å². The van der Waals surface area contributed by atoms with Crippen LogP contribution in [0.4, 0.5) is 0 Å². The summed E-state index contributed by atoms with van der Waals surface area (Å²) in [6.45, 7) is 4.20. The molecule has 2 heteroatoms. The predicted molar refractivity (Wildman–Crippen MR) is 71.4 cm³/mol. The Morgan fingerprint density at radius 2 is 2.18 bits per heavy atom. The second kappa shape index (κ2) is 6.06. The van der Waals surface area contributed by atoms with E-state index in [9.17, 15) is 0 Å². The molecule has 2 nitrogen and oxygen atoms in total. The van der Waals surface area contributed by atoms with Gasteiger partial charge in [0.15, 0.2) is 0 Å². The minimum absolute atomic E-state index is 0.968. The third kappa shape index (κ3) is 4.04. The van der Waals surface area contributed by atoms with Gasteiger partial charge in [-0.2, -0.15) is 0 Å². The van der Waals surface area contributed by atoms with E-state index in [1.165, 1.54) is 36.8 Å². The lowest BCUT2D eigenvalue weighted by Gasteiger charge is -2.08. The van der Waals surface area contributed by atoms with Crippen LogP contribution in [0.3, 0.4) is 0 Å². The third-order valence-corrected chi connectivity index (χ3v) is 3.45. The van der Waals surface area contributed by atoms with E-state index in [0.717, 1.165) is 24.8 Å². The molecule has 0 amide bonds. The monoisotopic (exact) mass is 233 g/mol. The molecule has 1 aliphatic rings. The molecule has 0 saturated heterocycles. The summed E-state index contributed by atoms with van der Waals surface area (Å²) in [5.41, 5.74) is 2.56. The van der Waals surface area contributed by atoms with Gasteiger partial charge in [-0.05, 0) is 49.4 Å². The van der Waals surface area contributed by atoms with Crippen molar-refractivity contribution in [2.45, 2.75) is 39.2 Å². The van der Waals surface area contributed by atoms with Crippen LogP contribution in [0.1, 0.15) is 36.8 Å². The molecule has 0 heterocycles. The summed E-state index contributed by atoms with van der Waals surface area (Å²) in [6, 6.07) is 6.39. The van der Waals surface area contributed by atoms with E-state index in [2.05, 4.69) is 30.4 Å². The van der Waals surface area contributed by atoms with Crippen molar-refractivity contribution in [1.82, 2.24) is 5.32 Å². The van der Waals surface area contributed by atoms with E-state index in [1.54, 1.807) is 7.11 Å². The van der Waals surface area contributed by atoms with E-state index >= 15 is 0 Å². The molecule has 17 heavy (non-hydrogen) atoms. The number of rotatable bonds is 7. The van der Waals surface area contributed by atoms with Gasteiger partial charge >= 0.3 is 0 Å². The average Bonchev–Trinajstić information content (AvgIpc) is 3.13. The fourth-order valence-corrected chi connectivity index (χ4v) is 2.21. The van der Waals surface area contributed by atoms with Gasteiger partial charge in [0.2, 0.25) is 0 Å². The molecule has 0 spiro atoms. The Morgan fingerprint density at radius 3 is 2.82 bits per heavy atom. The molecule has 1 fully saturated rings. The second-order valence-corrected chi connectivity index (χ2v) is 5.07. The van der Waals surface area contributed by atoms with Crippen molar-refractivity contribution in [3.8, 4) is 5.75 Å². The third-order valence-electron chi connectivity index (χ3n) is 3.45. The van der Waals surface area contributed by atoms with Crippen molar-refractivity contribution in [3.05, 3.63) is 29.3 Å². The predicted octanol–water partition coefficient (Wildman–Crippen LogP) is 3.28. The van der Waals surface area contributed by atoms with Crippen LogP contribution in [-0.4, -0.2) is 13.7 Å². The summed E-state index contributed by atoms with van der Waals surface area (Å²) < 4.78 is 5.26. The number of ether oxygens (including phenoxy) is 1. The van der Waals surface area contributed by atoms with E-state index in [0.29, 0.717) is 0 Å². The number of benzene rings is 1. The quantitative estimate of drug-likeness (QED) is 0.730. The number of aryl methyl sites for hydroxylation is 1. The summed E-state index contributed by atoms with van der Waals surface area (Å²) in [4.78, 5) is 0. The Kier molecular flexibility index (Phi) is 4.43. The summed E-state index contributed by atoms with van der Waals surface area (Å²) >= 11 is 0. The lowest BCUT2D eigenvalue weighted by Crippen LogP contribution is -2.14. The molecule has 1 aliphatic carbocycles.